The molecule has 4 rings (SSSR count). The standard InChI is InChI=1S/C23H29NO3/c1-26-21-10-6-17(7-11-21)14-24-15-19-4-3-5-20(16-24)23(19,25)18-8-12-22(27-2)13-9-18/h6-13,19-20,25H,3-5,14-16H2,1-2H3. The molecule has 1 N–H and O–H groups in total. The number of ether oxygens (including phenoxy) is 2. The Kier molecular flexibility index (Phi) is 5.11. The van der Waals surface area contributed by atoms with Crippen molar-refractivity contribution in [2.24, 2.45) is 11.8 Å². The van der Waals surface area contributed by atoms with Crippen molar-refractivity contribution in [1.29, 1.82) is 0 Å². The summed E-state index contributed by atoms with van der Waals surface area (Å²) in [6, 6.07) is 16.3. The van der Waals surface area contributed by atoms with Gasteiger partial charge in [0.1, 0.15) is 11.5 Å². The van der Waals surface area contributed by atoms with Gasteiger partial charge in [-0.3, -0.25) is 4.90 Å². The minimum Gasteiger partial charge on any atom is -0.497 e. The molecule has 1 aliphatic carbocycles. The Balaban J connectivity index is 1.52. The predicted molar refractivity (Wildman–Crippen MR) is 106 cm³/mol. The van der Waals surface area contributed by atoms with Crippen molar-refractivity contribution in [2.45, 2.75) is 31.4 Å². The van der Waals surface area contributed by atoms with E-state index < -0.39 is 5.60 Å². The lowest BCUT2D eigenvalue weighted by Gasteiger charge is -2.53. The maximum absolute atomic E-state index is 11.8. The molecule has 0 radical (unpaired) electrons. The van der Waals surface area contributed by atoms with Gasteiger partial charge in [-0.25, -0.2) is 0 Å². The van der Waals surface area contributed by atoms with E-state index in [4.69, 9.17) is 9.47 Å². The number of hydrogen-bond acceptors (Lipinski definition) is 4. The fraction of sp³-hybridized carbons (Fsp3) is 0.478. The van der Waals surface area contributed by atoms with Gasteiger partial charge in [0.15, 0.2) is 0 Å². The van der Waals surface area contributed by atoms with Crippen molar-refractivity contribution >= 4 is 0 Å². The van der Waals surface area contributed by atoms with Gasteiger partial charge in [0.05, 0.1) is 19.8 Å². The van der Waals surface area contributed by atoms with Crippen LogP contribution < -0.4 is 9.47 Å². The average Bonchev–Trinajstić information content (AvgIpc) is 2.69. The largest absolute Gasteiger partial charge is 0.497 e. The number of likely N-dealkylation sites (tertiary alicyclic amines) is 1. The van der Waals surface area contributed by atoms with E-state index >= 15 is 0 Å². The summed E-state index contributed by atoms with van der Waals surface area (Å²) >= 11 is 0. The Labute approximate surface area is 161 Å². The summed E-state index contributed by atoms with van der Waals surface area (Å²) in [4.78, 5) is 2.51. The first kappa shape index (κ1) is 18.3. The number of hydrogen-bond donors (Lipinski definition) is 1. The molecule has 2 atom stereocenters. The third-order valence-electron chi connectivity index (χ3n) is 6.42. The maximum atomic E-state index is 11.8. The topological polar surface area (TPSA) is 41.9 Å². The number of rotatable bonds is 5. The van der Waals surface area contributed by atoms with Crippen LogP contribution in [0.5, 0.6) is 11.5 Å². The van der Waals surface area contributed by atoms with Crippen LogP contribution in [-0.2, 0) is 12.1 Å². The summed E-state index contributed by atoms with van der Waals surface area (Å²) in [5.74, 6) is 2.28. The molecule has 27 heavy (non-hydrogen) atoms. The second-order valence-electron chi connectivity index (χ2n) is 7.92. The SMILES string of the molecule is COc1ccc(CN2CC3CCCC(C2)C3(O)c2ccc(OC)cc2)cc1. The van der Waals surface area contributed by atoms with Crippen LogP contribution >= 0.6 is 0 Å². The highest BCUT2D eigenvalue weighted by atomic mass is 16.5. The average molecular weight is 367 g/mol. The Hall–Kier alpha value is -2.04. The molecule has 0 amide bonds. The molecule has 144 valence electrons. The first-order chi connectivity index (χ1) is 13.1. The summed E-state index contributed by atoms with van der Waals surface area (Å²) < 4.78 is 10.5. The molecule has 1 saturated heterocycles. The molecule has 0 spiro atoms. The molecule has 2 aliphatic rings. The van der Waals surface area contributed by atoms with Crippen LogP contribution in [0.2, 0.25) is 0 Å². The Bertz CT molecular complexity index is 742. The number of aliphatic hydroxyl groups is 1. The van der Waals surface area contributed by atoms with Gasteiger partial charge >= 0.3 is 0 Å². The first-order valence-corrected chi connectivity index (χ1v) is 9.85. The van der Waals surface area contributed by atoms with E-state index in [-0.39, 0.29) is 11.8 Å². The molecule has 4 nitrogen and oxygen atoms in total. The molecule has 1 aliphatic heterocycles. The van der Waals surface area contributed by atoms with E-state index in [9.17, 15) is 5.11 Å². The quantitative estimate of drug-likeness (QED) is 0.872. The fourth-order valence-corrected chi connectivity index (χ4v) is 4.99. The monoisotopic (exact) mass is 367 g/mol. The van der Waals surface area contributed by atoms with Gasteiger partial charge in [0.2, 0.25) is 0 Å². The maximum Gasteiger partial charge on any atom is 0.118 e. The van der Waals surface area contributed by atoms with Gasteiger partial charge in [0.25, 0.3) is 0 Å². The van der Waals surface area contributed by atoms with Crippen LogP contribution in [0.4, 0.5) is 0 Å². The summed E-state index contributed by atoms with van der Waals surface area (Å²) in [6.07, 6.45) is 3.38. The van der Waals surface area contributed by atoms with Gasteiger partial charge in [-0.2, -0.15) is 0 Å². The highest BCUT2D eigenvalue weighted by Gasteiger charge is 2.51. The summed E-state index contributed by atoms with van der Waals surface area (Å²) in [5.41, 5.74) is 1.62. The van der Waals surface area contributed by atoms with Crippen molar-refractivity contribution in [1.82, 2.24) is 4.90 Å². The van der Waals surface area contributed by atoms with Crippen molar-refractivity contribution in [3.8, 4) is 11.5 Å². The number of fused-ring (bicyclic) bond motifs is 2. The highest BCUT2D eigenvalue weighted by molar-refractivity contribution is 5.33. The molecule has 2 aromatic carbocycles. The van der Waals surface area contributed by atoms with Crippen LogP contribution in [0.25, 0.3) is 0 Å². The Morgan fingerprint density at radius 2 is 1.41 bits per heavy atom. The van der Waals surface area contributed by atoms with Crippen molar-refractivity contribution in [3.05, 3.63) is 59.7 Å². The van der Waals surface area contributed by atoms with E-state index in [1.54, 1.807) is 14.2 Å². The van der Waals surface area contributed by atoms with Crippen molar-refractivity contribution < 1.29 is 14.6 Å². The molecule has 4 heteroatoms. The third kappa shape index (κ3) is 3.44. The zero-order valence-electron chi connectivity index (χ0n) is 16.2. The molecule has 1 saturated carbocycles. The molecular formula is C23H29NO3. The van der Waals surface area contributed by atoms with Gasteiger partial charge < -0.3 is 14.6 Å². The molecule has 1 heterocycles. The number of methoxy groups -OCH3 is 2. The lowest BCUT2D eigenvalue weighted by Crippen LogP contribution is -2.57. The molecule has 2 unspecified atom stereocenters. The normalized spacial score (nSPS) is 28.0. The predicted octanol–water partition coefficient (Wildman–Crippen LogP) is 3.82. The lowest BCUT2D eigenvalue weighted by atomic mass is 9.62. The van der Waals surface area contributed by atoms with Crippen LogP contribution in [0.1, 0.15) is 30.4 Å². The molecule has 2 aromatic rings. The van der Waals surface area contributed by atoms with E-state index in [1.165, 1.54) is 12.0 Å². The zero-order chi connectivity index (χ0) is 18.9. The Morgan fingerprint density at radius 1 is 0.889 bits per heavy atom. The highest BCUT2D eigenvalue weighted by Crippen LogP contribution is 2.49. The van der Waals surface area contributed by atoms with Crippen molar-refractivity contribution in [2.75, 3.05) is 27.3 Å². The number of nitrogens with zero attached hydrogens (tertiary/aromatic N) is 1. The molecule has 0 aromatic heterocycles. The third-order valence-corrected chi connectivity index (χ3v) is 6.42. The molecule has 2 fully saturated rings. The Morgan fingerprint density at radius 3 is 1.93 bits per heavy atom. The number of benzene rings is 2. The molecule has 2 bridgehead atoms. The van der Waals surface area contributed by atoms with Gasteiger partial charge in [-0.05, 0) is 48.2 Å². The summed E-state index contributed by atoms with van der Waals surface area (Å²) in [7, 11) is 3.37. The number of piperidine rings is 1. The smallest absolute Gasteiger partial charge is 0.118 e. The molecular weight excluding hydrogens is 338 g/mol. The zero-order valence-corrected chi connectivity index (χ0v) is 16.2. The minimum atomic E-state index is -0.721. The first-order valence-electron chi connectivity index (χ1n) is 9.85. The summed E-state index contributed by atoms with van der Waals surface area (Å²) in [6.45, 7) is 2.80. The van der Waals surface area contributed by atoms with Gasteiger partial charge in [0, 0.05) is 31.5 Å². The lowest BCUT2D eigenvalue weighted by molar-refractivity contribution is -0.148. The van der Waals surface area contributed by atoms with Crippen LogP contribution in [0.15, 0.2) is 48.5 Å². The van der Waals surface area contributed by atoms with Crippen LogP contribution in [-0.4, -0.2) is 37.3 Å². The van der Waals surface area contributed by atoms with E-state index in [2.05, 4.69) is 17.0 Å². The van der Waals surface area contributed by atoms with Gasteiger partial charge in [-0.1, -0.05) is 30.7 Å². The van der Waals surface area contributed by atoms with E-state index in [0.29, 0.717) is 0 Å². The minimum absolute atomic E-state index is 0.275. The van der Waals surface area contributed by atoms with E-state index in [0.717, 1.165) is 49.5 Å². The fourth-order valence-electron chi connectivity index (χ4n) is 4.99. The summed E-state index contributed by atoms with van der Waals surface area (Å²) in [5, 5.41) is 11.8. The second-order valence-corrected chi connectivity index (χ2v) is 7.92. The van der Waals surface area contributed by atoms with Crippen LogP contribution in [0, 0.1) is 11.8 Å². The van der Waals surface area contributed by atoms with Crippen molar-refractivity contribution in [3.63, 3.8) is 0 Å². The second kappa shape index (κ2) is 7.53. The van der Waals surface area contributed by atoms with E-state index in [1.807, 2.05) is 36.4 Å². The van der Waals surface area contributed by atoms with Crippen LogP contribution in [0.3, 0.4) is 0 Å². The van der Waals surface area contributed by atoms with Gasteiger partial charge in [-0.15, -0.1) is 0 Å².